The fourth-order valence-corrected chi connectivity index (χ4v) is 3.39. The summed E-state index contributed by atoms with van der Waals surface area (Å²) in [5.74, 6) is -0.294. The van der Waals surface area contributed by atoms with Gasteiger partial charge in [0.25, 0.3) is 0 Å². The van der Waals surface area contributed by atoms with E-state index in [0.29, 0.717) is 19.6 Å². The second kappa shape index (κ2) is 9.26. The number of aliphatic hydroxyl groups is 3. The lowest BCUT2D eigenvalue weighted by molar-refractivity contribution is -0.198. The minimum absolute atomic E-state index is 0.131. The van der Waals surface area contributed by atoms with E-state index in [-0.39, 0.29) is 12.5 Å². The molecule has 0 radical (unpaired) electrons. The fourth-order valence-electron chi connectivity index (χ4n) is 3.39. The summed E-state index contributed by atoms with van der Waals surface area (Å²) in [6.45, 7) is 0.540. The van der Waals surface area contributed by atoms with Crippen LogP contribution in [0.15, 0.2) is 60.7 Å². The first-order valence-electron chi connectivity index (χ1n) is 8.97. The first kappa shape index (κ1) is 19.0. The molecule has 3 rings (SSSR count). The van der Waals surface area contributed by atoms with E-state index in [2.05, 4.69) is 0 Å². The Balaban J connectivity index is 1.59. The van der Waals surface area contributed by atoms with Crippen LogP contribution in [-0.4, -0.2) is 46.3 Å². The molecule has 1 aliphatic carbocycles. The van der Waals surface area contributed by atoms with Crippen molar-refractivity contribution in [2.24, 2.45) is 5.92 Å². The molecule has 0 unspecified atom stereocenters. The quantitative estimate of drug-likeness (QED) is 0.704. The van der Waals surface area contributed by atoms with Crippen molar-refractivity contribution in [3.05, 3.63) is 71.8 Å². The van der Waals surface area contributed by atoms with Crippen LogP contribution >= 0.6 is 0 Å². The zero-order valence-electron chi connectivity index (χ0n) is 14.6. The van der Waals surface area contributed by atoms with E-state index >= 15 is 0 Å². The van der Waals surface area contributed by atoms with E-state index in [0.717, 1.165) is 11.1 Å². The minimum atomic E-state index is -1.11. The third-order valence-corrected chi connectivity index (χ3v) is 4.89. The van der Waals surface area contributed by atoms with Gasteiger partial charge in [0.1, 0.15) is 12.2 Å². The summed E-state index contributed by atoms with van der Waals surface area (Å²) in [5, 5.41) is 30.7. The third-order valence-electron chi connectivity index (χ3n) is 4.89. The summed E-state index contributed by atoms with van der Waals surface area (Å²) in [6, 6.07) is 19.3. The smallest absolute Gasteiger partial charge is 0.109 e. The lowest BCUT2D eigenvalue weighted by Gasteiger charge is -2.41. The van der Waals surface area contributed by atoms with Gasteiger partial charge in [-0.2, -0.15) is 0 Å². The minimum Gasteiger partial charge on any atom is -0.396 e. The highest BCUT2D eigenvalue weighted by molar-refractivity contribution is 5.14. The average Bonchev–Trinajstić information content (AvgIpc) is 2.69. The van der Waals surface area contributed by atoms with Crippen LogP contribution in [-0.2, 0) is 22.7 Å². The largest absolute Gasteiger partial charge is 0.396 e. The zero-order valence-corrected chi connectivity index (χ0v) is 14.6. The molecule has 0 heterocycles. The van der Waals surface area contributed by atoms with Gasteiger partial charge >= 0.3 is 0 Å². The van der Waals surface area contributed by atoms with Crippen LogP contribution in [0.3, 0.4) is 0 Å². The molecule has 2 aromatic rings. The fraction of sp³-hybridized carbons (Fsp3) is 0.429. The topological polar surface area (TPSA) is 79.2 Å². The van der Waals surface area contributed by atoms with E-state index in [1.807, 2.05) is 60.7 Å². The van der Waals surface area contributed by atoms with Gasteiger partial charge in [0.15, 0.2) is 0 Å². The second-order valence-electron chi connectivity index (χ2n) is 6.76. The number of benzene rings is 2. The highest BCUT2D eigenvalue weighted by atomic mass is 16.5. The molecular weight excluding hydrogens is 332 g/mol. The second-order valence-corrected chi connectivity index (χ2v) is 6.76. The highest BCUT2D eigenvalue weighted by Gasteiger charge is 2.44. The molecule has 0 aliphatic heterocycles. The number of aliphatic hydroxyl groups excluding tert-OH is 3. The molecular formula is C21H26O5. The maximum atomic E-state index is 10.5. The number of rotatable bonds is 7. The normalized spacial score (nSPS) is 28.8. The molecule has 0 bridgehead atoms. The number of hydrogen-bond acceptors (Lipinski definition) is 5. The van der Waals surface area contributed by atoms with E-state index in [1.165, 1.54) is 0 Å². The molecule has 0 aromatic heterocycles. The van der Waals surface area contributed by atoms with Gasteiger partial charge in [-0.1, -0.05) is 60.7 Å². The molecule has 0 amide bonds. The molecule has 5 atom stereocenters. The van der Waals surface area contributed by atoms with Gasteiger partial charge in [0, 0.05) is 12.5 Å². The summed E-state index contributed by atoms with van der Waals surface area (Å²) in [4.78, 5) is 0. The van der Waals surface area contributed by atoms with Crippen LogP contribution in [0.4, 0.5) is 0 Å². The van der Waals surface area contributed by atoms with Gasteiger partial charge < -0.3 is 24.8 Å². The Kier molecular flexibility index (Phi) is 6.77. The van der Waals surface area contributed by atoms with Crippen LogP contribution in [0.25, 0.3) is 0 Å². The predicted molar refractivity (Wildman–Crippen MR) is 97.2 cm³/mol. The molecule has 1 saturated carbocycles. The van der Waals surface area contributed by atoms with Crippen LogP contribution in [0.2, 0.25) is 0 Å². The van der Waals surface area contributed by atoms with E-state index in [1.54, 1.807) is 0 Å². The lowest BCUT2D eigenvalue weighted by atomic mass is 9.81. The van der Waals surface area contributed by atoms with Crippen molar-refractivity contribution in [1.82, 2.24) is 0 Å². The van der Waals surface area contributed by atoms with Crippen molar-refractivity contribution in [3.8, 4) is 0 Å². The molecule has 140 valence electrons. The lowest BCUT2D eigenvalue weighted by Crippen LogP contribution is -2.56. The first-order valence-corrected chi connectivity index (χ1v) is 8.97. The zero-order chi connectivity index (χ0) is 18.4. The molecule has 5 heteroatoms. The molecule has 1 fully saturated rings. The molecule has 2 aromatic carbocycles. The Morgan fingerprint density at radius 3 is 1.85 bits per heavy atom. The summed E-state index contributed by atoms with van der Waals surface area (Å²) < 4.78 is 11.7. The highest BCUT2D eigenvalue weighted by Crippen LogP contribution is 2.31. The van der Waals surface area contributed by atoms with Crippen molar-refractivity contribution < 1.29 is 24.8 Å². The van der Waals surface area contributed by atoms with Gasteiger partial charge in [-0.05, 0) is 17.5 Å². The summed E-state index contributed by atoms with van der Waals surface area (Å²) >= 11 is 0. The van der Waals surface area contributed by atoms with E-state index < -0.39 is 24.4 Å². The van der Waals surface area contributed by atoms with Crippen LogP contribution in [0.1, 0.15) is 17.5 Å². The van der Waals surface area contributed by atoms with Crippen LogP contribution in [0, 0.1) is 5.92 Å². The number of hydrogen-bond donors (Lipinski definition) is 3. The standard InChI is InChI=1S/C21H26O5/c22-12-17-11-18(25-13-15-7-3-1-4-8-15)19(23)20(24)21(17)26-14-16-9-5-2-6-10-16/h1-10,17-24H,11-14H2/t17-,18+,19+,20-,21+/m0/s1. The van der Waals surface area contributed by atoms with Crippen molar-refractivity contribution >= 4 is 0 Å². The summed E-state index contributed by atoms with van der Waals surface area (Å²) in [7, 11) is 0. The molecule has 26 heavy (non-hydrogen) atoms. The van der Waals surface area contributed by atoms with Crippen LogP contribution < -0.4 is 0 Å². The van der Waals surface area contributed by atoms with Gasteiger partial charge in [-0.15, -0.1) is 0 Å². The Bertz CT molecular complexity index is 646. The number of ether oxygens (including phenoxy) is 2. The SMILES string of the molecule is OC[C@@H]1C[C@@H](OCc2ccccc2)[C@@H](O)[C@H](O)[C@@H]1OCc1ccccc1. The maximum absolute atomic E-state index is 10.5. The Morgan fingerprint density at radius 2 is 1.31 bits per heavy atom. The third kappa shape index (κ3) is 4.69. The maximum Gasteiger partial charge on any atom is 0.109 e. The van der Waals surface area contributed by atoms with Crippen molar-refractivity contribution in [3.63, 3.8) is 0 Å². The van der Waals surface area contributed by atoms with Crippen molar-refractivity contribution in [1.29, 1.82) is 0 Å². The first-order chi connectivity index (χ1) is 12.7. The van der Waals surface area contributed by atoms with Gasteiger partial charge in [-0.3, -0.25) is 0 Å². The molecule has 3 N–H and O–H groups in total. The molecule has 1 aliphatic rings. The van der Waals surface area contributed by atoms with Crippen LogP contribution in [0.5, 0.6) is 0 Å². The van der Waals surface area contributed by atoms with E-state index in [9.17, 15) is 15.3 Å². The monoisotopic (exact) mass is 358 g/mol. The molecule has 5 nitrogen and oxygen atoms in total. The Hall–Kier alpha value is -1.76. The predicted octanol–water partition coefficient (Wildman–Crippen LogP) is 1.89. The summed E-state index contributed by atoms with van der Waals surface area (Å²) in [6.07, 6.45) is -2.90. The van der Waals surface area contributed by atoms with Gasteiger partial charge in [0.05, 0.1) is 25.4 Å². The van der Waals surface area contributed by atoms with Gasteiger partial charge in [-0.25, -0.2) is 0 Å². The Labute approximate surface area is 153 Å². The molecule has 0 spiro atoms. The van der Waals surface area contributed by atoms with Crippen molar-refractivity contribution in [2.75, 3.05) is 6.61 Å². The van der Waals surface area contributed by atoms with Crippen molar-refractivity contribution in [2.45, 2.75) is 44.1 Å². The average molecular weight is 358 g/mol. The van der Waals surface area contributed by atoms with Gasteiger partial charge in [0.2, 0.25) is 0 Å². The summed E-state index contributed by atoms with van der Waals surface area (Å²) in [5.41, 5.74) is 1.98. The molecule has 0 saturated heterocycles. The Morgan fingerprint density at radius 1 is 0.769 bits per heavy atom. The van der Waals surface area contributed by atoms with E-state index in [4.69, 9.17) is 9.47 Å².